The predicted molar refractivity (Wildman–Crippen MR) is 95.3 cm³/mol. The molecule has 1 saturated carbocycles. The van der Waals surface area contributed by atoms with E-state index >= 15 is 0 Å². The molecule has 0 spiro atoms. The van der Waals surface area contributed by atoms with Crippen LogP contribution in [0.1, 0.15) is 18.5 Å². The van der Waals surface area contributed by atoms with Gasteiger partial charge in [0.25, 0.3) is 0 Å². The third-order valence-corrected chi connectivity index (χ3v) is 5.70. The van der Waals surface area contributed by atoms with Gasteiger partial charge in [-0.2, -0.15) is 0 Å². The van der Waals surface area contributed by atoms with Gasteiger partial charge in [0.2, 0.25) is 0 Å². The quantitative estimate of drug-likeness (QED) is 0.658. The maximum atomic E-state index is 12.4. The Morgan fingerprint density at radius 1 is 1.20 bits per heavy atom. The van der Waals surface area contributed by atoms with Crippen LogP contribution in [-0.2, 0) is 6.54 Å². The Morgan fingerprint density at radius 3 is 2.56 bits per heavy atom. The van der Waals surface area contributed by atoms with E-state index in [1.54, 1.807) is 4.90 Å². The van der Waals surface area contributed by atoms with Gasteiger partial charge in [-0.25, -0.2) is 4.79 Å². The average molecular weight is 364 g/mol. The second-order valence-corrected chi connectivity index (χ2v) is 7.65. The van der Waals surface area contributed by atoms with Crippen molar-refractivity contribution in [3.63, 3.8) is 0 Å². The highest BCUT2D eigenvalue weighted by Crippen LogP contribution is 2.36. The standard InChI is InChI=1S/C18H22ClN3O3/c19-13-1-2-15-10(3-13)4-14(21-15)7-20-18(25)22-8-11-5-16(23)17(24)6-12(11)9-22/h1-4,11-12,16-17,21,23-24H,5-9H2,(H,20,25)/t11-,12+,16-,17-/m0/s1. The lowest BCUT2D eigenvalue weighted by Crippen LogP contribution is -2.38. The first-order valence-corrected chi connectivity index (χ1v) is 9.03. The summed E-state index contributed by atoms with van der Waals surface area (Å²) in [4.78, 5) is 17.5. The first-order valence-electron chi connectivity index (χ1n) is 8.65. The molecule has 2 aromatic rings. The zero-order chi connectivity index (χ0) is 17.6. The Balaban J connectivity index is 1.36. The number of amides is 2. The van der Waals surface area contributed by atoms with E-state index in [1.807, 2.05) is 24.3 Å². The highest BCUT2D eigenvalue weighted by atomic mass is 35.5. The molecule has 2 fully saturated rings. The summed E-state index contributed by atoms with van der Waals surface area (Å²) in [7, 11) is 0. The third kappa shape index (κ3) is 3.34. The van der Waals surface area contributed by atoms with Crippen molar-refractivity contribution >= 4 is 28.5 Å². The van der Waals surface area contributed by atoms with Crippen LogP contribution in [0, 0.1) is 11.8 Å². The van der Waals surface area contributed by atoms with Crippen LogP contribution in [0.15, 0.2) is 24.3 Å². The number of carbonyl (C=O) groups is 1. The number of benzene rings is 1. The molecule has 1 aromatic heterocycles. The summed E-state index contributed by atoms with van der Waals surface area (Å²) in [6.45, 7) is 1.70. The van der Waals surface area contributed by atoms with Gasteiger partial charge in [0.15, 0.2) is 0 Å². The van der Waals surface area contributed by atoms with Crippen molar-refractivity contribution in [2.45, 2.75) is 31.6 Å². The first kappa shape index (κ1) is 16.7. The summed E-state index contributed by atoms with van der Waals surface area (Å²) in [5.41, 5.74) is 1.91. The van der Waals surface area contributed by atoms with Gasteiger partial charge in [-0.3, -0.25) is 0 Å². The van der Waals surface area contributed by atoms with E-state index in [1.165, 1.54) is 0 Å². The smallest absolute Gasteiger partial charge is 0.317 e. The molecule has 1 aromatic carbocycles. The number of H-pyrrole nitrogens is 1. The van der Waals surface area contributed by atoms with Crippen LogP contribution in [0.4, 0.5) is 4.79 Å². The molecule has 134 valence electrons. The molecule has 0 unspecified atom stereocenters. The minimum atomic E-state index is -0.664. The van der Waals surface area contributed by atoms with E-state index < -0.39 is 12.2 Å². The normalized spacial score (nSPS) is 29.0. The number of nitrogens with one attached hydrogen (secondary N) is 2. The van der Waals surface area contributed by atoms with E-state index in [4.69, 9.17) is 11.6 Å². The molecular weight excluding hydrogens is 342 g/mol. The van der Waals surface area contributed by atoms with Gasteiger partial charge in [-0.15, -0.1) is 0 Å². The van der Waals surface area contributed by atoms with Crippen LogP contribution in [0.2, 0.25) is 5.02 Å². The number of rotatable bonds is 2. The Bertz CT molecular complexity index is 775. The Labute approximate surface area is 150 Å². The highest BCUT2D eigenvalue weighted by Gasteiger charge is 2.42. The van der Waals surface area contributed by atoms with Gasteiger partial charge >= 0.3 is 6.03 Å². The summed E-state index contributed by atoms with van der Waals surface area (Å²) >= 11 is 6.00. The molecule has 2 aliphatic rings. The fourth-order valence-corrected chi connectivity index (χ4v) is 4.30. The average Bonchev–Trinajstić information content (AvgIpc) is 3.16. The minimum absolute atomic E-state index is 0.102. The number of carbonyl (C=O) groups excluding carboxylic acids is 1. The zero-order valence-electron chi connectivity index (χ0n) is 13.8. The number of likely N-dealkylation sites (tertiary alicyclic amines) is 1. The van der Waals surface area contributed by atoms with Crippen LogP contribution in [0.5, 0.6) is 0 Å². The topological polar surface area (TPSA) is 88.6 Å². The van der Waals surface area contributed by atoms with Gasteiger partial charge in [0, 0.05) is 34.7 Å². The van der Waals surface area contributed by atoms with Crippen LogP contribution in [0.3, 0.4) is 0 Å². The predicted octanol–water partition coefficient (Wildman–Crippen LogP) is 2.09. The van der Waals surface area contributed by atoms with E-state index in [-0.39, 0.29) is 17.9 Å². The number of fused-ring (bicyclic) bond motifs is 2. The maximum Gasteiger partial charge on any atom is 0.317 e. The van der Waals surface area contributed by atoms with E-state index in [2.05, 4.69) is 10.3 Å². The van der Waals surface area contributed by atoms with Crippen molar-refractivity contribution in [1.29, 1.82) is 0 Å². The van der Waals surface area contributed by atoms with Crippen LogP contribution < -0.4 is 5.32 Å². The lowest BCUT2D eigenvalue weighted by atomic mass is 9.79. The molecule has 2 heterocycles. The molecule has 4 rings (SSSR count). The van der Waals surface area contributed by atoms with E-state index in [0.717, 1.165) is 16.6 Å². The molecule has 1 aliphatic carbocycles. The molecule has 1 aliphatic heterocycles. The van der Waals surface area contributed by atoms with Crippen LogP contribution >= 0.6 is 11.6 Å². The van der Waals surface area contributed by atoms with Crippen LogP contribution in [-0.4, -0.2) is 51.4 Å². The van der Waals surface area contributed by atoms with Crippen molar-refractivity contribution < 1.29 is 15.0 Å². The molecule has 25 heavy (non-hydrogen) atoms. The molecule has 1 saturated heterocycles. The Kier molecular flexibility index (Phi) is 4.35. The number of aromatic nitrogens is 1. The molecule has 7 heteroatoms. The summed E-state index contributed by atoms with van der Waals surface area (Å²) in [6, 6.07) is 7.52. The monoisotopic (exact) mass is 363 g/mol. The van der Waals surface area contributed by atoms with Crippen molar-refractivity contribution in [2.24, 2.45) is 11.8 Å². The fourth-order valence-electron chi connectivity index (χ4n) is 4.11. The lowest BCUT2D eigenvalue weighted by molar-refractivity contribution is -0.0372. The number of hydrogen-bond donors (Lipinski definition) is 4. The number of aliphatic hydroxyl groups is 2. The number of aromatic amines is 1. The fraction of sp³-hybridized carbons (Fsp3) is 0.500. The SMILES string of the molecule is O=C(NCc1cc2cc(Cl)ccc2[nH]1)N1C[C@H]2C[C@H](O)[C@@H](O)C[C@H]2C1. The third-order valence-electron chi connectivity index (χ3n) is 5.46. The van der Waals surface area contributed by atoms with Gasteiger partial charge in [-0.1, -0.05) is 11.6 Å². The Morgan fingerprint density at radius 2 is 1.88 bits per heavy atom. The molecule has 2 amide bonds. The largest absolute Gasteiger partial charge is 0.390 e. The molecule has 0 radical (unpaired) electrons. The van der Waals surface area contributed by atoms with Crippen molar-refractivity contribution in [3.05, 3.63) is 35.0 Å². The minimum Gasteiger partial charge on any atom is -0.390 e. The van der Waals surface area contributed by atoms with Gasteiger partial charge in [-0.05, 0) is 48.9 Å². The Hall–Kier alpha value is -1.76. The molecular formula is C18H22ClN3O3. The van der Waals surface area contributed by atoms with E-state index in [9.17, 15) is 15.0 Å². The number of hydrogen-bond acceptors (Lipinski definition) is 3. The van der Waals surface area contributed by atoms with Crippen molar-refractivity contribution in [2.75, 3.05) is 13.1 Å². The van der Waals surface area contributed by atoms with Crippen molar-refractivity contribution in [3.8, 4) is 0 Å². The summed E-state index contributed by atoms with van der Waals surface area (Å²) < 4.78 is 0. The molecule has 0 bridgehead atoms. The second kappa shape index (κ2) is 6.52. The zero-order valence-corrected chi connectivity index (χ0v) is 14.5. The summed E-state index contributed by atoms with van der Waals surface area (Å²) in [6.07, 6.45) is -0.193. The van der Waals surface area contributed by atoms with Crippen LogP contribution in [0.25, 0.3) is 10.9 Å². The highest BCUT2D eigenvalue weighted by molar-refractivity contribution is 6.31. The van der Waals surface area contributed by atoms with Gasteiger partial charge < -0.3 is 25.4 Å². The van der Waals surface area contributed by atoms with E-state index in [0.29, 0.717) is 37.5 Å². The maximum absolute atomic E-state index is 12.4. The number of nitrogens with zero attached hydrogens (tertiary/aromatic N) is 1. The van der Waals surface area contributed by atoms with Gasteiger partial charge in [0.05, 0.1) is 18.8 Å². The van der Waals surface area contributed by atoms with Crippen molar-refractivity contribution in [1.82, 2.24) is 15.2 Å². The molecule has 4 atom stereocenters. The summed E-state index contributed by atoms with van der Waals surface area (Å²) in [5, 5.41) is 24.3. The number of aliphatic hydroxyl groups excluding tert-OH is 2. The number of halogens is 1. The number of urea groups is 1. The molecule has 4 N–H and O–H groups in total. The summed E-state index contributed by atoms with van der Waals surface area (Å²) in [5.74, 6) is 0.554. The molecule has 6 nitrogen and oxygen atoms in total. The van der Waals surface area contributed by atoms with Gasteiger partial charge in [0.1, 0.15) is 0 Å². The second-order valence-electron chi connectivity index (χ2n) is 7.22. The lowest BCUT2D eigenvalue weighted by Gasteiger charge is -2.31. The first-order chi connectivity index (χ1) is 12.0.